The predicted molar refractivity (Wildman–Crippen MR) is 76.7 cm³/mol. The summed E-state index contributed by atoms with van der Waals surface area (Å²) in [6.07, 6.45) is 12.1. The smallest absolute Gasteiger partial charge is 0.163 e. The highest BCUT2D eigenvalue weighted by atomic mass is 16.7. The molecule has 1 heterocycles. The molecule has 2 heteroatoms. The lowest BCUT2D eigenvalue weighted by Gasteiger charge is -2.41. The Kier molecular flexibility index (Phi) is 7.25. The summed E-state index contributed by atoms with van der Waals surface area (Å²) >= 11 is 0. The van der Waals surface area contributed by atoms with Gasteiger partial charge in [-0.3, -0.25) is 0 Å². The van der Waals surface area contributed by atoms with Crippen molar-refractivity contribution in [3.8, 4) is 0 Å². The highest BCUT2D eigenvalue weighted by Gasteiger charge is 2.34. The molecule has 1 saturated heterocycles. The number of hydrogen-bond donors (Lipinski definition) is 0. The lowest BCUT2D eigenvalue weighted by Crippen LogP contribution is -2.44. The molecule has 0 amide bonds. The average Bonchev–Trinajstić information content (AvgIpc) is 2.30. The van der Waals surface area contributed by atoms with Gasteiger partial charge in [-0.05, 0) is 26.7 Å². The van der Waals surface area contributed by atoms with E-state index in [2.05, 4.69) is 27.7 Å². The summed E-state index contributed by atoms with van der Waals surface area (Å²) in [7, 11) is 0. The molecule has 108 valence electrons. The molecule has 0 aromatic heterocycles. The second-order valence-corrected chi connectivity index (χ2v) is 6.11. The summed E-state index contributed by atoms with van der Waals surface area (Å²) in [5, 5.41) is 0. The van der Waals surface area contributed by atoms with Gasteiger partial charge in [-0.25, -0.2) is 0 Å². The van der Waals surface area contributed by atoms with Gasteiger partial charge in [-0.15, -0.1) is 0 Å². The van der Waals surface area contributed by atoms with Gasteiger partial charge in [0.15, 0.2) is 5.79 Å². The Morgan fingerprint density at radius 3 is 1.94 bits per heavy atom. The van der Waals surface area contributed by atoms with Gasteiger partial charge in [-0.1, -0.05) is 52.4 Å². The number of ether oxygens (including phenoxy) is 2. The summed E-state index contributed by atoms with van der Waals surface area (Å²) in [6.45, 7) is 8.62. The van der Waals surface area contributed by atoms with Crippen LogP contribution in [-0.4, -0.2) is 18.0 Å². The number of hydrogen-bond acceptors (Lipinski definition) is 2. The van der Waals surface area contributed by atoms with Gasteiger partial charge in [0.2, 0.25) is 0 Å². The molecule has 2 atom stereocenters. The van der Waals surface area contributed by atoms with Gasteiger partial charge in [-0.2, -0.15) is 0 Å². The molecule has 0 aliphatic carbocycles. The van der Waals surface area contributed by atoms with Crippen molar-refractivity contribution in [2.45, 2.75) is 103 Å². The van der Waals surface area contributed by atoms with Crippen LogP contribution in [0.4, 0.5) is 0 Å². The fourth-order valence-electron chi connectivity index (χ4n) is 2.80. The molecule has 1 rings (SSSR count). The standard InChI is InChI=1S/C16H32O2/c1-5-7-9-10-12-15-13-14(11-8-6-2)17-16(3,4)18-15/h14-15H,5-13H2,1-4H3/t14?,15-/m0/s1. The molecule has 0 N–H and O–H groups in total. The second-order valence-electron chi connectivity index (χ2n) is 6.11. The van der Waals surface area contributed by atoms with Crippen LogP contribution in [0.25, 0.3) is 0 Å². The molecule has 0 aromatic carbocycles. The summed E-state index contributed by atoms with van der Waals surface area (Å²) in [5.41, 5.74) is 0. The summed E-state index contributed by atoms with van der Waals surface area (Å²) in [4.78, 5) is 0. The van der Waals surface area contributed by atoms with Crippen molar-refractivity contribution in [2.75, 3.05) is 0 Å². The average molecular weight is 256 g/mol. The van der Waals surface area contributed by atoms with Crippen molar-refractivity contribution < 1.29 is 9.47 Å². The van der Waals surface area contributed by atoms with Crippen molar-refractivity contribution in [3.05, 3.63) is 0 Å². The summed E-state index contributed by atoms with van der Waals surface area (Å²) in [6, 6.07) is 0. The third-order valence-electron chi connectivity index (χ3n) is 3.69. The van der Waals surface area contributed by atoms with Crippen molar-refractivity contribution in [2.24, 2.45) is 0 Å². The van der Waals surface area contributed by atoms with Crippen molar-refractivity contribution in [1.29, 1.82) is 0 Å². The monoisotopic (exact) mass is 256 g/mol. The second kappa shape index (κ2) is 8.16. The molecule has 0 radical (unpaired) electrons. The largest absolute Gasteiger partial charge is 0.347 e. The molecule has 2 nitrogen and oxygen atoms in total. The first-order valence-corrected chi connectivity index (χ1v) is 7.93. The van der Waals surface area contributed by atoms with E-state index >= 15 is 0 Å². The van der Waals surface area contributed by atoms with Crippen molar-refractivity contribution >= 4 is 0 Å². The maximum Gasteiger partial charge on any atom is 0.163 e. The Labute approximate surface area is 113 Å². The van der Waals surface area contributed by atoms with E-state index in [1.54, 1.807) is 0 Å². The molecule has 1 aliphatic heterocycles. The molecule has 0 saturated carbocycles. The van der Waals surface area contributed by atoms with Crippen LogP contribution in [0.1, 0.15) is 85.5 Å². The third kappa shape index (κ3) is 6.19. The van der Waals surface area contributed by atoms with Crippen LogP contribution in [0.2, 0.25) is 0 Å². The fourth-order valence-corrected chi connectivity index (χ4v) is 2.80. The van der Waals surface area contributed by atoms with Crippen LogP contribution < -0.4 is 0 Å². The molecule has 0 bridgehead atoms. The van der Waals surface area contributed by atoms with E-state index in [-0.39, 0.29) is 5.79 Å². The Morgan fingerprint density at radius 1 is 0.833 bits per heavy atom. The zero-order valence-corrected chi connectivity index (χ0v) is 12.8. The topological polar surface area (TPSA) is 18.5 Å². The lowest BCUT2D eigenvalue weighted by atomic mass is 9.99. The molecule has 0 spiro atoms. The first-order chi connectivity index (χ1) is 8.57. The van der Waals surface area contributed by atoms with E-state index in [1.807, 2.05) is 0 Å². The van der Waals surface area contributed by atoms with E-state index in [1.165, 1.54) is 51.4 Å². The Bertz CT molecular complexity index is 213. The first kappa shape index (κ1) is 16.0. The molecular weight excluding hydrogens is 224 g/mol. The zero-order chi connectivity index (χ0) is 13.4. The van der Waals surface area contributed by atoms with Crippen LogP contribution in [0.15, 0.2) is 0 Å². The molecular formula is C16H32O2. The molecule has 1 aliphatic rings. The summed E-state index contributed by atoms with van der Waals surface area (Å²) < 4.78 is 12.1. The van der Waals surface area contributed by atoms with E-state index in [4.69, 9.17) is 9.47 Å². The Morgan fingerprint density at radius 2 is 1.39 bits per heavy atom. The Balaban J connectivity index is 2.32. The predicted octanol–water partition coefficient (Wildman–Crippen LogP) is 5.06. The maximum atomic E-state index is 6.04. The highest BCUT2D eigenvalue weighted by Crippen LogP contribution is 2.31. The van der Waals surface area contributed by atoms with Gasteiger partial charge in [0.25, 0.3) is 0 Å². The van der Waals surface area contributed by atoms with Crippen LogP contribution in [0.5, 0.6) is 0 Å². The molecule has 0 aromatic rings. The van der Waals surface area contributed by atoms with Crippen molar-refractivity contribution in [3.63, 3.8) is 0 Å². The van der Waals surface area contributed by atoms with Crippen LogP contribution in [0.3, 0.4) is 0 Å². The highest BCUT2D eigenvalue weighted by molar-refractivity contribution is 4.76. The molecule has 18 heavy (non-hydrogen) atoms. The van der Waals surface area contributed by atoms with E-state index in [9.17, 15) is 0 Å². The lowest BCUT2D eigenvalue weighted by molar-refractivity contribution is -0.301. The minimum Gasteiger partial charge on any atom is -0.347 e. The minimum atomic E-state index is -0.383. The fraction of sp³-hybridized carbons (Fsp3) is 1.00. The SMILES string of the molecule is CCCCCC[C@H]1CC(CCCC)OC(C)(C)O1. The van der Waals surface area contributed by atoms with Gasteiger partial charge >= 0.3 is 0 Å². The molecule has 1 unspecified atom stereocenters. The first-order valence-electron chi connectivity index (χ1n) is 7.93. The molecule has 1 fully saturated rings. The van der Waals surface area contributed by atoms with Gasteiger partial charge < -0.3 is 9.47 Å². The Hall–Kier alpha value is -0.0800. The number of unbranched alkanes of at least 4 members (excludes halogenated alkanes) is 4. The third-order valence-corrected chi connectivity index (χ3v) is 3.69. The van der Waals surface area contributed by atoms with Crippen LogP contribution in [0, 0.1) is 0 Å². The summed E-state index contributed by atoms with van der Waals surface area (Å²) in [5.74, 6) is -0.383. The van der Waals surface area contributed by atoms with Crippen LogP contribution in [-0.2, 0) is 9.47 Å². The minimum absolute atomic E-state index is 0.383. The van der Waals surface area contributed by atoms with Crippen molar-refractivity contribution in [1.82, 2.24) is 0 Å². The van der Waals surface area contributed by atoms with Gasteiger partial charge in [0.05, 0.1) is 12.2 Å². The van der Waals surface area contributed by atoms with E-state index in [0.29, 0.717) is 12.2 Å². The van der Waals surface area contributed by atoms with Gasteiger partial charge in [0, 0.05) is 6.42 Å². The van der Waals surface area contributed by atoms with E-state index in [0.717, 1.165) is 6.42 Å². The quantitative estimate of drug-likeness (QED) is 0.565. The van der Waals surface area contributed by atoms with Crippen LogP contribution >= 0.6 is 0 Å². The van der Waals surface area contributed by atoms with Gasteiger partial charge in [0.1, 0.15) is 0 Å². The number of rotatable bonds is 8. The van der Waals surface area contributed by atoms with E-state index < -0.39 is 0 Å². The zero-order valence-electron chi connectivity index (χ0n) is 12.8. The normalized spacial score (nSPS) is 27.3. The maximum absolute atomic E-state index is 6.04.